The highest BCUT2D eigenvalue weighted by atomic mass is 16.2. The van der Waals surface area contributed by atoms with Gasteiger partial charge in [0.05, 0.1) is 17.6 Å². The second-order valence-electron chi connectivity index (χ2n) is 8.28. The Kier molecular flexibility index (Phi) is 6.53. The summed E-state index contributed by atoms with van der Waals surface area (Å²) < 4.78 is 2.14. The maximum atomic E-state index is 13.1. The van der Waals surface area contributed by atoms with Gasteiger partial charge in [0.1, 0.15) is 12.4 Å². The highest BCUT2D eigenvalue weighted by Crippen LogP contribution is 2.20. The van der Waals surface area contributed by atoms with Crippen molar-refractivity contribution in [3.63, 3.8) is 0 Å². The lowest BCUT2D eigenvalue weighted by atomic mass is 10.2. The van der Waals surface area contributed by atoms with Crippen LogP contribution in [0, 0.1) is 0 Å². The molecular formula is C22H34N4O. The van der Waals surface area contributed by atoms with E-state index in [-0.39, 0.29) is 18.0 Å². The summed E-state index contributed by atoms with van der Waals surface area (Å²) in [5.74, 6) is 1.18. The number of para-hydroxylation sites is 2. The molecule has 0 saturated carbocycles. The normalized spacial score (nSPS) is 16.2. The van der Waals surface area contributed by atoms with E-state index in [1.54, 1.807) is 0 Å². The Morgan fingerprint density at radius 1 is 1.04 bits per heavy atom. The van der Waals surface area contributed by atoms with Gasteiger partial charge in [-0.2, -0.15) is 0 Å². The van der Waals surface area contributed by atoms with Crippen molar-refractivity contribution in [2.24, 2.45) is 0 Å². The van der Waals surface area contributed by atoms with E-state index in [1.165, 1.54) is 25.7 Å². The van der Waals surface area contributed by atoms with Crippen LogP contribution < -0.4 is 0 Å². The van der Waals surface area contributed by atoms with Crippen LogP contribution in [0.5, 0.6) is 0 Å². The van der Waals surface area contributed by atoms with Crippen LogP contribution in [0.3, 0.4) is 0 Å². The molecule has 1 saturated heterocycles. The number of likely N-dealkylation sites (tertiary alicyclic amines) is 1. The van der Waals surface area contributed by atoms with Crippen molar-refractivity contribution >= 4 is 16.9 Å². The number of carbonyl (C=O) groups excluding carboxylic acids is 1. The van der Waals surface area contributed by atoms with E-state index >= 15 is 0 Å². The predicted molar refractivity (Wildman–Crippen MR) is 111 cm³/mol. The summed E-state index contributed by atoms with van der Waals surface area (Å²) >= 11 is 0. The molecule has 0 bridgehead atoms. The molecule has 1 amide bonds. The summed E-state index contributed by atoms with van der Waals surface area (Å²) in [5, 5.41) is 0. The van der Waals surface area contributed by atoms with Crippen LogP contribution >= 0.6 is 0 Å². The summed E-state index contributed by atoms with van der Waals surface area (Å²) in [6.07, 6.45) is 5.16. The van der Waals surface area contributed by atoms with E-state index in [4.69, 9.17) is 4.98 Å². The zero-order valence-corrected chi connectivity index (χ0v) is 17.3. The molecular weight excluding hydrogens is 336 g/mol. The zero-order valence-electron chi connectivity index (χ0n) is 17.3. The molecule has 0 spiro atoms. The summed E-state index contributed by atoms with van der Waals surface area (Å²) in [4.78, 5) is 22.5. The number of hydrogen-bond donors (Lipinski definition) is 0. The number of carbonyl (C=O) groups is 1. The summed E-state index contributed by atoms with van der Waals surface area (Å²) in [7, 11) is 0. The van der Waals surface area contributed by atoms with Gasteiger partial charge in [-0.05, 0) is 65.8 Å². The van der Waals surface area contributed by atoms with Crippen molar-refractivity contribution in [1.82, 2.24) is 19.4 Å². The van der Waals surface area contributed by atoms with Crippen LogP contribution in [0.1, 0.15) is 59.2 Å². The SMILES string of the molecule is CC(C)N(C(=O)Cn1c(CN2CCCCCC2)nc2ccccc21)C(C)C. The van der Waals surface area contributed by atoms with Crippen molar-refractivity contribution in [3.05, 3.63) is 30.1 Å². The van der Waals surface area contributed by atoms with Crippen molar-refractivity contribution in [2.45, 2.75) is 78.6 Å². The summed E-state index contributed by atoms with van der Waals surface area (Å²) in [6, 6.07) is 8.57. The fourth-order valence-corrected chi connectivity index (χ4v) is 4.31. The first kappa shape index (κ1) is 19.9. The maximum Gasteiger partial charge on any atom is 0.243 e. The number of benzene rings is 1. The Morgan fingerprint density at radius 3 is 2.30 bits per heavy atom. The first-order chi connectivity index (χ1) is 13.0. The number of amides is 1. The summed E-state index contributed by atoms with van der Waals surface area (Å²) in [5.41, 5.74) is 2.04. The Bertz CT molecular complexity index is 749. The number of imidazole rings is 1. The van der Waals surface area contributed by atoms with Gasteiger partial charge in [0.25, 0.3) is 0 Å². The Morgan fingerprint density at radius 2 is 1.67 bits per heavy atom. The van der Waals surface area contributed by atoms with Gasteiger partial charge in [-0.3, -0.25) is 9.69 Å². The monoisotopic (exact) mass is 370 g/mol. The lowest BCUT2D eigenvalue weighted by Crippen LogP contribution is -2.44. The van der Waals surface area contributed by atoms with Gasteiger partial charge >= 0.3 is 0 Å². The van der Waals surface area contributed by atoms with Gasteiger partial charge < -0.3 is 9.47 Å². The maximum absolute atomic E-state index is 13.1. The van der Waals surface area contributed by atoms with Crippen molar-refractivity contribution < 1.29 is 4.79 Å². The Balaban J connectivity index is 1.89. The molecule has 1 aromatic carbocycles. The first-order valence-electron chi connectivity index (χ1n) is 10.4. The second-order valence-corrected chi connectivity index (χ2v) is 8.28. The number of fused-ring (bicyclic) bond motifs is 1. The van der Waals surface area contributed by atoms with E-state index in [1.807, 2.05) is 23.1 Å². The molecule has 2 aromatic rings. The zero-order chi connectivity index (χ0) is 19.4. The topological polar surface area (TPSA) is 41.4 Å². The molecule has 5 heteroatoms. The number of aromatic nitrogens is 2. The van der Waals surface area contributed by atoms with Gasteiger partial charge in [-0.1, -0.05) is 25.0 Å². The Labute approximate surface area is 163 Å². The minimum Gasteiger partial charge on any atom is -0.336 e. The van der Waals surface area contributed by atoms with Gasteiger partial charge in [0.15, 0.2) is 0 Å². The van der Waals surface area contributed by atoms with Crippen LogP contribution in [0.4, 0.5) is 0 Å². The van der Waals surface area contributed by atoms with E-state index in [0.717, 1.165) is 36.5 Å². The minimum absolute atomic E-state index is 0.167. The van der Waals surface area contributed by atoms with Gasteiger partial charge in [-0.25, -0.2) is 4.98 Å². The molecule has 27 heavy (non-hydrogen) atoms. The van der Waals surface area contributed by atoms with Crippen LogP contribution in [-0.2, 0) is 17.9 Å². The van der Waals surface area contributed by atoms with E-state index in [2.05, 4.69) is 43.2 Å². The number of rotatable bonds is 6. The fourth-order valence-electron chi connectivity index (χ4n) is 4.31. The van der Waals surface area contributed by atoms with Crippen LogP contribution in [0.15, 0.2) is 24.3 Å². The third kappa shape index (κ3) is 4.70. The number of nitrogens with zero attached hydrogens (tertiary/aromatic N) is 4. The molecule has 0 aliphatic carbocycles. The minimum atomic E-state index is 0.167. The quantitative estimate of drug-likeness (QED) is 0.770. The van der Waals surface area contributed by atoms with Crippen molar-refractivity contribution in [3.8, 4) is 0 Å². The fraction of sp³-hybridized carbons (Fsp3) is 0.636. The highest BCUT2D eigenvalue weighted by Gasteiger charge is 2.23. The third-order valence-corrected chi connectivity index (χ3v) is 5.49. The Hall–Kier alpha value is -1.88. The highest BCUT2D eigenvalue weighted by molar-refractivity contribution is 5.81. The largest absolute Gasteiger partial charge is 0.336 e. The standard InChI is InChI=1S/C22H34N4O/c1-17(2)26(18(3)4)22(27)16-25-20-12-8-7-11-19(20)23-21(25)15-24-13-9-5-6-10-14-24/h7-8,11-12,17-18H,5-6,9-10,13-16H2,1-4H3. The van der Waals surface area contributed by atoms with E-state index in [0.29, 0.717) is 6.54 Å². The van der Waals surface area contributed by atoms with E-state index < -0.39 is 0 Å². The second kappa shape index (κ2) is 8.87. The van der Waals surface area contributed by atoms with Crippen LogP contribution in [0.25, 0.3) is 11.0 Å². The smallest absolute Gasteiger partial charge is 0.243 e. The molecule has 0 N–H and O–H groups in total. The molecule has 148 valence electrons. The molecule has 0 unspecified atom stereocenters. The molecule has 2 heterocycles. The molecule has 3 rings (SSSR count). The van der Waals surface area contributed by atoms with Crippen LogP contribution in [-0.4, -0.2) is 50.4 Å². The molecule has 1 aliphatic heterocycles. The van der Waals surface area contributed by atoms with Gasteiger partial charge in [0, 0.05) is 12.1 Å². The predicted octanol–water partition coefficient (Wildman–Crippen LogP) is 4.06. The average Bonchev–Trinajstić information content (AvgIpc) is 2.78. The van der Waals surface area contributed by atoms with Crippen molar-refractivity contribution in [1.29, 1.82) is 0 Å². The van der Waals surface area contributed by atoms with Gasteiger partial charge in [-0.15, -0.1) is 0 Å². The molecule has 0 atom stereocenters. The molecule has 0 radical (unpaired) electrons. The third-order valence-electron chi connectivity index (χ3n) is 5.49. The summed E-state index contributed by atoms with van der Waals surface area (Å²) in [6.45, 7) is 11.8. The van der Waals surface area contributed by atoms with Gasteiger partial charge in [0.2, 0.25) is 5.91 Å². The molecule has 1 fully saturated rings. The van der Waals surface area contributed by atoms with Crippen molar-refractivity contribution in [2.75, 3.05) is 13.1 Å². The lowest BCUT2D eigenvalue weighted by Gasteiger charge is -2.31. The van der Waals surface area contributed by atoms with E-state index in [9.17, 15) is 4.79 Å². The van der Waals surface area contributed by atoms with Crippen LogP contribution in [0.2, 0.25) is 0 Å². The number of hydrogen-bond acceptors (Lipinski definition) is 3. The molecule has 5 nitrogen and oxygen atoms in total. The lowest BCUT2D eigenvalue weighted by molar-refractivity contribution is -0.135. The first-order valence-corrected chi connectivity index (χ1v) is 10.4. The molecule has 1 aromatic heterocycles. The average molecular weight is 371 g/mol. The molecule has 1 aliphatic rings.